The topological polar surface area (TPSA) is 64.1 Å². The number of amides is 1. The summed E-state index contributed by atoms with van der Waals surface area (Å²) in [5.41, 5.74) is 0.507. The molecule has 3 rings (SSSR count). The number of anilines is 1. The number of hydrogen-bond acceptors (Lipinski definition) is 6. The molecule has 5 nitrogen and oxygen atoms in total. The van der Waals surface area contributed by atoms with E-state index in [1.165, 1.54) is 35.2 Å². The predicted octanol–water partition coefficient (Wildman–Crippen LogP) is 5.11. The molecule has 0 radical (unpaired) electrons. The highest BCUT2D eigenvalue weighted by Crippen LogP contribution is 2.31. The number of carbonyl (C=O) groups excluding carboxylic acids is 1. The summed E-state index contributed by atoms with van der Waals surface area (Å²) in [4.78, 5) is 12.2. The van der Waals surface area contributed by atoms with Crippen LogP contribution in [0, 0.1) is 0 Å². The quantitative estimate of drug-likeness (QED) is 0.439. The SMILES string of the molecule is COc1ccc(C(=O)Nc2nnc(SCc3ccc(C(F)(F)F)cc3)s2)cc1. The maximum Gasteiger partial charge on any atom is 0.416 e. The molecule has 0 aliphatic carbocycles. The summed E-state index contributed by atoms with van der Waals surface area (Å²) in [6.07, 6.45) is -4.35. The van der Waals surface area contributed by atoms with Crippen molar-refractivity contribution in [3.8, 4) is 5.75 Å². The Morgan fingerprint density at radius 2 is 1.79 bits per heavy atom. The van der Waals surface area contributed by atoms with Crippen molar-refractivity contribution in [1.29, 1.82) is 0 Å². The minimum Gasteiger partial charge on any atom is -0.497 e. The molecule has 0 unspecified atom stereocenters. The molecule has 28 heavy (non-hydrogen) atoms. The molecule has 0 saturated carbocycles. The van der Waals surface area contributed by atoms with Crippen LogP contribution in [0.3, 0.4) is 0 Å². The standard InChI is InChI=1S/C18H14F3N3O2S2/c1-26-14-8-4-12(5-9-14)15(25)22-16-23-24-17(28-16)27-10-11-2-6-13(7-3-11)18(19,20)21/h2-9H,10H2,1H3,(H,22,23,25). The fraction of sp³-hybridized carbons (Fsp3) is 0.167. The van der Waals surface area contributed by atoms with E-state index in [2.05, 4.69) is 15.5 Å². The first kappa shape index (κ1) is 20.2. The number of carbonyl (C=O) groups is 1. The maximum atomic E-state index is 12.6. The summed E-state index contributed by atoms with van der Waals surface area (Å²) in [5, 5.41) is 10.9. The number of rotatable bonds is 6. The molecule has 0 bridgehead atoms. The van der Waals surface area contributed by atoms with Gasteiger partial charge in [-0.25, -0.2) is 0 Å². The predicted molar refractivity (Wildman–Crippen MR) is 102 cm³/mol. The van der Waals surface area contributed by atoms with Gasteiger partial charge in [-0.2, -0.15) is 13.2 Å². The normalized spacial score (nSPS) is 11.3. The molecule has 0 spiro atoms. The highest BCUT2D eigenvalue weighted by atomic mass is 32.2. The molecule has 0 fully saturated rings. The van der Waals surface area contributed by atoms with Crippen molar-refractivity contribution in [3.05, 3.63) is 65.2 Å². The van der Waals surface area contributed by atoms with Crippen molar-refractivity contribution < 1.29 is 22.7 Å². The van der Waals surface area contributed by atoms with Gasteiger partial charge in [0.2, 0.25) is 5.13 Å². The van der Waals surface area contributed by atoms with Crippen LogP contribution in [0.25, 0.3) is 0 Å². The molecule has 0 saturated heterocycles. The number of ether oxygens (including phenoxy) is 1. The van der Waals surface area contributed by atoms with Gasteiger partial charge >= 0.3 is 6.18 Å². The van der Waals surface area contributed by atoms with E-state index in [4.69, 9.17) is 4.74 Å². The Balaban J connectivity index is 1.55. The molecule has 146 valence electrons. The molecule has 0 aliphatic heterocycles. The van der Waals surface area contributed by atoms with Crippen LogP contribution in [-0.2, 0) is 11.9 Å². The average Bonchev–Trinajstić information content (AvgIpc) is 3.13. The lowest BCUT2D eigenvalue weighted by atomic mass is 10.1. The zero-order valence-electron chi connectivity index (χ0n) is 14.5. The number of nitrogens with zero attached hydrogens (tertiary/aromatic N) is 2. The van der Waals surface area contributed by atoms with Crippen molar-refractivity contribution in [1.82, 2.24) is 10.2 Å². The van der Waals surface area contributed by atoms with Crippen molar-refractivity contribution in [2.45, 2.75) is 16.3 Å². The smallest absolute Gasteiger partial charge is 0.416 e. The van der Waals surface area contributed by atoms with Gasteiger partial charge in [0, 0.05) is 11.3 Å². The summed E-state index contributed by atoms with van der Waals surface area (Å²) in [6.45, 7) is 0. The summed E-state index contributed by atoms with van der Waals surface area (Å²) >= 11 is 2.53. The molecule has 0 atom stereocenters. The monoisotopic (exact) mass is 425 g/mol. The third-order valence-corrected chi connectivity index (χ3v) is 5.67. The third kappa shape index (κ3) is 5.23. The minimum atomic E-state index is -4.35. The Morgan fingerprint density at radius 3 is 2.39 bits per heavy atom. The van der Waals surface area contributed by atoms with Gasteiger partial charge in [-0.05, 0) is 42.0 Å². The highest BCUT2D eigenvalue weighted by molar-refractivity contribution is 8.00. The second-order valence-electron chi connectivity index (χ2n) is 5.54. The van der Waals surface area contributed by atoms with Gasteiger partial charge in [0.25, 0.3) is 5.91 Å². The second kappa shape index (κ2) is 8.61. The number of aromatic nitrogens is 2. The number of methoxy groups -OCH3 is 1. The molecular formula is C18H14F3N3O2S2. The van der Waals surface area contributed by atoms with Crippen molar-refractivity contribution in [2.24, 2.45) is 0 Å². The number of benzene rings is 2. The van der Waals surface area contributed by atoms with E-state index in [9.17, 15) is 18.0 Å². The molecule has 1 N–H and O–H groups in total. The number of halogens is 3. The first-order valence-corrected chi connectivity index (χ1v) is 9.73. The van der Waals surface area contributed by atoms with E-state index in [1.54, 1.807) is 31.4 Å². The highest BCUT2D eigenvalue weighted by Gasteiger charge is 2.29. The summed E-state index contributed by atoms with van der Waals surface area (Å²) < 4.78 is 43.4. The third-order valence-electron chi connectivity index (χ3n) is 3.62. The maximum absolute atomic E-state index is 12.6. The Hall–Kier alpha value is -2.59. The van der Waals surface area contributed by atoms with Crippen molar-refractivity contribution in [2.75, 3.05) is 12.4 Å². The van der Waals surface area contributed by atoms with Gasteiger partial charge in [0.1, 0.15) is 5.75 Å². The average molecular weight is 425 g/mol. The van der Waals surface area contributed by atoms with Crippen molar-refractivity contribution >= 4 is 34.1 Å². The fourth-order valence-corrected chi connectivity index (χ4v) is 3.87. The van der Waals surface area contributed by atoms with Gasteiger partial charge in [0.15, 0.2) is 4.34 Å². The molecule has 0 aliphatic rings. The van der Waals surface area contributed by atoms with Crippen LogP contribution in [0.2, 0.25) is 0 Å². The Morgan fingerprint density at radius 1 is 1.11 bits per heavy atom. The van der Waals surface area contributed by atoms with E-state index in [0.29, 0.717) is 26.5 Å². The van der Waals surface area contributed by atoms with Crippen LogP contribution in [0.5, 0.6) is 5.75 Å². The molecule has 3 aromatic rings. The first-order valence-electron chi connectivity index (χ1n) is 7.93. The molecule has 10 heteroatoms. The van der Waals surface area contributed by atoms with Crippen molar-refractivity contribution in [3.63, 3.8) is 0 Å². The Bertz CT molecular complexity index is 942. The van der Waals surface area contributed by atoms with Gasteiger partial charge in [-0.1, -0.05) is 35.2 Å². The zero-order chi connectivity index (χ0) is 20.1. The molecule has 2 aromatic carbocycles. The van der Waals surface area contributed by atoms with Crippen LogP contribution in [0.1, 0.15) is 21.5 Å². The van der Waals surface area contributed by atoms with Crippen LogP contribution in [0.4, 0.5) is 18.3 Å². The Labute approximate surface area is 166 Å². The van der Waals surface area contributed by atoms with Gasteiger partial charge in [0.05, 0.1) is 12.7 Å². The lowest BCUT2D eigenvalue weighted by Gasteiger charge is -2.06. The number of nitrogens with one attached hydrogen (secondary N) is 1. The van der Waals surface area contributed by atoms with Crippen LogP contribution in [0.15, 0.2) is 52.9 Å². The zero-order valence-corrected chi connectivity index (χ0v) is 16.1. The second-order valence-corrected chi connectivity index (χ2v) is 7.74. The van der Waals surface area contributed by atoms with Gasteiger partial charge in [-0.15, -0.1) is 10.2 Å². The van der Waals surface area contributed by atoms with Crippen LogP contribution >= 0.6 is 23.1 Å². The Kier molecular flexibility index (Phi) is 6.20. The number of alkyl halides is 3. The summed E-state index contributed by atoms with van der Waals surface area (Å²) in [6, 6.07) is 11.6. The van der Waals surface area contributed by atoms with E-state index in [0.717, 1.165) is 17.7 Å². The fourth-order valence-electron chi connectivity index (χ4n) is 2.17. The number of hydrogen-bond donors (Lipinski definition) is 1. The lowest BCUT2D eigenvalue weighted by Crippen LogP contribution is -2.11. The summed E-state index contributed by atoms with van der Waals surface area (Å²) in [7, 11) is 1.54. The molecule has 1 heterocycles. The summed E-state index contributed by atoms with van der Waals surface area (Å²) in [5.74, 6) is 0.770. The largest absolute Gasteiger partial charge is 0.497 e. The molecular weight excluding hydrogens is 411 g/mol. The van der Waals surface area contributed by atoms with E-state index < -0.39 is 11.7 Å². The first-order chi connectivity index (χ1) is 13.3. The van der Waals surface area contributed by atoms with E-state index in [1.807, 2.05) is 0 Å². The van der Waals surface area contributed by atoms with E-state index >= 15 is 0 Å². The van der Waals surface area contributed by atoms with Gasteiger partial charge < -0.3 is 4.74 Å². The minimum absolute atomic E-state index is 0.321. The molecule has 1 amide bonds. The van der Waals surface area contributed by atoms with E-state index in [-0.39, 0.29) is 5.91 Å². The van der Waals surface area contributed by atoms with Crippen LogP contribution in [-0.4, -0.2) is 23.2 Å². The van der Waals surface area contributed by atoms with Gasteiger partial charge in [-0.3, -0.25) is 10.1 Å². The van der Waals surface area contributed by atoms with Crippen LogP contribution < -0.4 is 10.1 Å². The lowest BCUT2D eigenvalue weighted by molar-refractivity contribution is -0.137. The molecule has 1 aromatic heterocycles. The number of thioether (sulfide) groups is 1.